The summed E-state index contributed by atoms with van der Waals surface area (Å²) in [6, 6.07) is 9.23. The van der Waals surface area contributed by atoms with Crippen LogP contribution in [0.4, 0.5) is 0 Å². The molecule has 2 atom stereocenters. The topological polar surface area (TPSA) is 0 Å². The highest BCUT2D eigenvalue weighted by Gasteiger charge is 2.66. The second-order valence-electron chi connectivity index (χ2n) is 7.30. The van der Waals surface area contributed by atoms with Crippen molar-refractivity contribution in [2.24, 2.45) is 16.7 Å². The van der Waals surface area contributed by atoms with Crippen molar-refractivity contribution in [2.75, 3.05) is 0 Å². The summed E-state index contributed by atoms with van der Waals surface area (Å²) in [6.45, 7) is 14.1. The number of hydrogen-bond donors (Lipinski definition) is 0. The molecule has 1 saturated carbocycles. The molecule has 0 N–H and O–H groups in total. The zero-order valence-corrected chi connectivity index (χ0v) is 14.7. The van der Waals surface area contributed by atoms with Crippen LogP contribution in [0, 0.1) is 16.7 Å². The third kappa shape index (κ3) is 2.39. The molecule has 1 heteroatoms. The Labute approximate surface area is 127 Å². The van der Waals surface area contributed by atoms with Gasteiger partial charge in [-0.15, -0.1) is 0 Å². The third-order valence-corrected chi connectivity index (χ3v) is 6.92. The number of benzene rings is 1. The van der Waals surface area contributed by atoms with Crippen LogP contribution in [0.15, 0.2) is 24.3 Å². The van der Waals surface area contributed by atoms with Crippen molar-refractivity contribution in [2.45, 2.75) is 58.7 Å². The zero-order chi connectivity index (χ0) is 14.4. The quantitative estimate of drug-likeness (QED) is 0.569. The van der Waals surface area contributed by atoms with Crippen molar-refractivity contribution in [3.05, 3.63) is 35.4 Å². The van der Waals surface area contributed by atoms with E-state index < -0.39 is 0 Å². The molecule has 0 aromatic heterocycles. The van der Waals surface area contributed by atoms with Crippen LogP contribution in [0.25, 0.3) is 0 Å². The summed E-state index contributed by atoms with van der Waals surface area (Å²) in [5.41, 5.74) is 3.74. The summed E-state index contributed by atoms with van der Waals surface area (Å²) < 4.78 is 0. The van der Waals surface area contributed by atoms with Crippen molar-refractivity contribution in [3.8, 4) is 0 Å². The average molecular weight is 323 g/mol. The minimum absolute atomic E-state index is 0.427. The molecule has 0 amide bonds. The highest BCUT2D eigenvalue weighted by molar-refractivity contribution is 9.09. The smallest absolute Gasteiger partial charge is 0.0434 e. The first-order chi connectivity index (χ1) is 8.73. The van der Waals surface area contributed by atoms with E-state index in [9.17, 15) is 0 Å². The van der Waals surface area contributed by atoms with Crippen molar-refractivity contribution >= 4 is 15.9 Å². The van der Waals surface area contributed by atoms with Crippen LogP contribution >= 0.6 is 15.9 Å². The molecular formula is C18H27Br. The molecular weight excluding hydrogens is 296 g/mol. The number of alkyl halides is 1. The van der Waals surface area contributed by atoms with E-state index in [4.69, 9.17) is 0 Å². The molecule has 19 heavy (non-hydrogen) atoms. The van der Waals surface area contributed by atoms with E-state index in [1.54, 1.807) is 0 Å². The van der Waals surface area contributed by atoms with Gasteiger partial charge in [0.15, 0.2) is 0 Å². The SMILES string of the molecule is CCC(C)c1ccc(C(Br)C2C(C)(C)C2(C)C)cc1. The second-order valence-corrected chi connectivity index (χ2v) is 8.29. The molecule has 2 rings (SSSR count). The van der Waals surface area contributed by atoms with Gasteiger partial charge in [0.2, 0.25) is 0 Å². The van der Waals surface area contributed by atoms with Gasteiger partial charge in [0.1, 0.15) is 0 Å². The van der Waals surface area contributed by atoms with E-state index in [1.807, 2.05) is 0 Å². The maximum atomic E-state index is 3.94. The van der Waals surface area contributed by atoms with Crippen molar-refractivity contribution in [1.82, 2.24) is 0 Å². The van der Waals surface area contributed by atoms with Crippen LogP contribution in [0.1, 0.15) is 69.8 Å². The fraction of sp³-hybridized carbons (Fsp3) is 0.667. The van der Waals surface area contributed by atoms with Gasteiger partial charge in [0.05, 0.1) is 0 Å². The summed E-state index contributed by atoms with van der Waals surface area (Å²) in [4.78, 5) is 0.475. The van der Waals surface area contributed by atoms with Crippen LogP contribution in [0.3, 0.4) is 0 Å². The van der Waals surface area contributed by atoms with Crippen molar-refractivity contribution in [3.63, 3.8) is 0 Å². The predicted molar refractivity (Wildman–Crippen MR) is 87.9 cm³/mol. The number of hydrogen-bond acceptors (Lipinski definition) is 0. The third-order valence-electron chi connectivity index (χ3n) is 5.86. The first-order valence-corrected chi connectivity index (χ1v) is 8.39. The lowest BCUT2D eigenvalue weighted by molar-refractivity contribution is 0.457. The Balaban J connectivity index is 2.16. The van der Waals surface area contributed by atoms with Gasteiger partial charge in [0, 0.05) is 4.83 Å². The minimum Gasteiger partial charge on any atom is -0.0835 e. The molecule has 1 aromatic rings. The van der Waals surface area contributed by atoms with Crippen LogP contribution in [0.5, 0.6) is 0 Å². The minimum atomic E-state index is 0.427. The van der Waals surface area contributed by atoms with Gasteiger partial charge in [0.25, 0.3) is 0 Å². The largest absolute Gasteiger partial charge is 0.0835 e. The molecule has 1 aliphatic carbocycles. The Morgan fingerprint density at radius 1 is 1.00 bits per heavy atom. The number of halogens is 1. The summed E-state index contributed by atoms with van der Waals surface area (Å²) in [6.07, 6.45) is 1.21. The Kier molecular flexibility index (Phi) is 3.90. The highest BCUT2D eigenvalue weighted by Crippen LogP contribution is 2.73. The normalized spacial score (nSPS) is 23.9. The van der Waals surface area contributed by atoms with Crippen LogP contribution in [-0.2, 0) is 0 Å². The Bertz CT molecular complexity index is 427. The van der Waals surface area contributed by atoms with E-state index in [-0.39, 0.29) is 0 Å². The standard InChI is InChI=1S/C18H27Br/c1-7-12(2)13-8-10-14(11-9-13)15(19)16-17(3,4)18(16,5)6/h8-12,15-16H,7H2,1-6H3. The maximum absolute atomic E-state index is 3.94. The van der Waals surface area contributed by atoms with Gasteiger partial charge in [-0.1, -0.05) is 81.7 Å². The van der Waals surface area contributed by atoms with E-state index in [2.05, 4.69) is 81.7 Å². The van der Waals surface area contributed by atoms with Gasteiger partial charge in [-0.3, -0.25) is 0 Å². The predicted octanol–water partition coefficient (Wildman–Crippen LogP) is 6.32. The monoisotopic (exact) mass is 322 g/mol. The Morgan fingerprint density at radius 3 is 1.79 bits per heavy atom. The molecule has 1 aliphatic rings. The number of rotatable bonds is 4. The maximum Gasteiger partial charge on any atom is 0.0434 e. The summed E-state index contributed by atoms with van der Waals surface area (Å²) in [7, 11) is 0. The van der Waals surface area contributed by atoms with E-state index in [0.717, 1.165) is 5.92 Å². The second kappa shape index (κ2) is 4.91. The first kappa shape index (κ1) is 15.1. The summed E-state index contributed by atoms with van der Waals surface area (Å²) in [5, 5.41) is 0. The lowest BCUT2D eigenvalue weighted by atomic mass is 9.95. The Hall–Kier alpha value is -0.300. The van der Waals surface area contributed by atoms with Crippen LogP contribution in [0.2, 0.25) is 0 Å². The molecule has 1 aromatic carbocycles. The molecule has 0 nitrogen and oxygen atoms in total. The van der Waals surface area contributed by atoms with Gasteiger partial charge in [-0.2, -0.15) is 0 Å². The molecule has 0 heterocycles. The van der Waals surface area contributed by atoms with Crippen LogP contribution < -0.4 is 0 Å². The lowest BCUT2D eigenvalue weighted by Crippen LogP contribution is -2.00. The van der Waals surface area contributed by atoms with Gasteiger partial charge in [-0.05, 0) is 40.2 Å². The van der Waals surface area contributed by atoms with E-state index in [0.29, 0.717) is 21.6 Å². The molecule has 0 aliphatic heterocycles. The highest BCUT2D eigenvalue weighted by atomic mass is 79.9. The van der Waals surface area contributed by atoms with Crippen molar-refractivity contribution < 1.29 is 0 Å². The van der Waals surface area contributed by atoms with Crippen LogP contribution in [-0.4, -0.2) is 0 Å². The molecule has 0 saturated heterocycles. The molecule has 106 valence electrons. The van der Waals surface area contributed by atoms with E-state index in [1.165, 1.54) is 17.5 Å². The molecule has 0 radical (unpaired) electrons. The lowest BCUT2D eigenvalue weighted by Gasteiger charge is -2.15. The molecule has 2 unspecified atom stereocenters. The molecule has 1 fully saturated rings. The van der Waals surface area contributed by atoms with E-state index >= 15 is 0 Å². The van der Waals surface area contributed by atoms with Crippen molar-refractivity contribution in [1.29, 1.82) is 0 Å². The molecule has 0 bridgehead atoms. The van der Waals surface area contributed by atoms with Gasteiger partial charge < -0.3 is 0 Å². The first-order valence-electron chi connectivity index (χ1n) is 7.47. The zero-order valence-electron chi connectivity index (χ0n) is 13.1. The fourth-order valence-corrected chi connectivity index (χ4v) is 5.04. The average Bonchev–Trinajstić information content (AvgIpc) is 2.78. The fourth-order valence-electron chi connectivity index (χ4n) is 3.42. The summed E-state index contributed by atoms with van der Waals surface area (Å²) >= 11 is 3.94. The van der Waals surface area contributed by atoms with Gasteiger partial charge in [-0.25, -0.2) is 0 Å². The molecule has 0 spiro atoms. The Morgan fingerprint density at radius 2 is 1.42 bits per heavy atom. The van der Waals surface area contributed by atoms with Gasteiger partial charge >= 0.3 is 0 Å². The summed E-state index contributed by atoms with van der Waals surface area (Å²) in [5.74, 6) is 1.38.